The number of nitro groups is 1. The van der Waals surface area contributed by atoms with Crippen molar-refractivity contribution in [3.63, 3.8) is 0 Å². The lowest BCUT2D eigenvalue weighted by Crippen LogP contribution is -1.99. The zero-order valence-corrected chi connectivity index (χ0v) is 12.5. The van der Waals surface area contributed by atoms with Crippen LogP contribution in [0, 0.1) is 17.0 Å². The standard InChI is InChI=1S/C10H12N6O2S2/c1-5-7(16(17)18)8(15(2)14-5)19-10-13-12-9(20-10)11-6-3-4-6/h6H,3-4H2,1-2H3,(H,11,12). The van der Waals surface area contributed by atoms with Gasteiger partial charge in [0, 0.05) is 13.1 Å². The van der Waals surface area contributed by atoms with Gasteiger partial charge >= 0.3 is 5.69 Å². The van der Waals surface area contributed by atoms with Gasteiger partial charge in [-0.2, -0.15) is 5.10 Å². The van der Waals surface area contributed by atoms with Crippen LogP contribution in [0.4, 0.5) is 10.8 Å². The molecule has 0 aromatic carbocycles. The Morgan fingerprint density at radius 2 is 2.25 bits per heavy atom. The van der Waals surface area contributed by atoms with Crippen molar-refractivity contribution in [3.8, 4) is 0 Å². The van der Waals surface area contributed by atoms with Crippen LogP contribution in [-0.4, -0.2) is 30.9 Å². The summed E-state index contributed by atoms with van der Waals surface area (Å²) in [6, 6.07) is 0.508. The summed E-state index contributed by atoms with van der Waals surface area (Å²) in [7, 11) is 1.69. The van der Waals surface area contributed by atoms with Crippen LogP contribution in [0.5, 0.6) is 0 Å². The van der Waals surface area contributed by atoms with Crippen LogP contribution in [0.2, 0.25) is 0 Å². The normalized spacial score (nSPS) is 14.5. The summed E-state index contributed by atoms with van der Waals surface area (Å²) in [6.07, 6.45) is 2.32. The summed E-state index contributed by atoms with van der Waals surface area (Å²) in [5.74, 6) is 0. The van der Waals surface area contributed by atoms with E-state index in [1.807, 2.05) is 0 Å². The Morgan fingerprint density at radius 3 is 2.90 bits per heavy atom. The maximum absolute atomic E-state index is 11.1. The lowest BCUT2D eigenvalue weighted by atomic mass is 10.4. The third kappa shape index (κ3) is 2.61. The predicted molar refractivity (Wildman–Crippen MR) is 75.3 cm³/mol. The van der Waals surface area contributed by atoms with Gasteiger partial charge in [0.1, 0.15) is 5.69 Å². The molecule has 0 aliphatic heterocycles. The summed E-state index contributed by atoms with van der Waals surface area (Å²) in [5, 5.41) is 27.8. The minimum Gasteiger partial charge on any atom is -0.357 e. The van der Waals surface area contributed by atoms with Gasteiger partial charge in [-0.05, 0) is 31.5 Å². The molecule has 0 radical (unpaired) electrons. The summed E-state index contributed by atoms with van der Waals surface area (Å²) in [6.45, 7) is 1.63. The van der Waals surface area contributed by atoms with E-state index in [0.29, 0.717) is 21.1 Å². The third-order valence-electron chi connectivity index (χ3n) is 2.82. The Balaban J connectivity index is 1.83. The Morgan fingerprint density at radius 1 is 1.50 bits per heavy atom. The molecule has 1 aliphatic carbocycles. The van der Waals surface area contributed by atoms with E-state index in [-0.39, 0.29) is 5.69 Å². The van der Waals surface area contributed by atoms with Crippen molar-refractivity contribution in [1.29, 1.82) is 0 Å². The van der Waals surface area contributed by atoms with Gasteiger partial charge in [-0.15, -0.1) is 10.2 Å². The van der Waals surface area contributed by atoms with Crippen LogP contribution in [0.15, 0.2) is 9.37 Å². The highest BCUT2D eigenvalue weighted by Gasteiger charge is 2.27. The number of hydrogen-bond acceptors (Lipinski definition) is 8. The second kappa shape index (κ2) is 5.02. The van der Waals surface area contributed by atoms with E-state index in [1.165, 1.54) is 27.8 Å². The van der Waals surface area contributed by atoms with Crippen LogP contribution >= 0.6 is 23.1 Å². The second-order valence-corrected chi connectivity index (χ2v) is 6.73. The second-order valence-electron chi connectivity index (χ2n) is 4.51. The van der Waals surface area contributed by atoms with E-state index in [1.54, 1.807) is 14.0 Å². The van der Waals surface area contributed by atoms with E-state index in [9.17, 15) is 10.1 Å². The van der Waals surface area contributed by atoms with E-state index in [2.05, 4.69) is 20.6 Å². The molecule has 1 aliphatic rings. The summed E-state index contributed by atoms with van der Waals surface area (Å²) in [5.41, 5.74) is 0.435. The number of rotatable bonds is 5. The van der Waals surface area contributed by atoms with E-state index < -0.39 is 4.92 Å². The molecule has 106 valence electrons. The van der Waals surface area contributed by atoms with Gasteiger partial charge in [0.2, 0.25) is 5.13 Å². The molecule has 2 heterocycles. The van der Waals surface area contributed by atoms with Crippen LogP contribution in [0.25, 0.3) is 0 Å². The largest absolute Gasteiger partial charge is 0.357 e. The number of nitrogens with zero attached hydrogens (tertiary/aromatic N) is 5. The molecule has 0 atom stereocenters. The van der Waals surface area contributed by atoms with Gasteiger partial charge in [0.15, 0.2) is 9.37 Å². The molecular weight excluding hydrogens is 300 g/mol. The number of nitrogens with one attached hydrogen (secondary N) is 1. The Bertz CT molecular complexity index is 663. The highest BCUT2D eigenvalue weighted by atomic mass is 32.2. The number of aryl methyl sites for hydroxylation is 2. The zero-order valence-electron chi connectivity index (χ0n) is 10.9. The molecule has 10 heteroatoms. The first-order chi connectivity index (χ1) is 9.54. The molecule has 8 nitrogen and oxygen atoms in total. The summed E-state index contributed by atoms with van der Waals surface area (Å²) < 4.78 is 2.17. The van der Waals surface area contributed by atoms with Gasteiger partial charge < -0.3 is 5.32 Å². The minimum absolute atomic E-state index is 0.0319. The lowest BCUT2D eigenvalue weighted by molar-refractivity contribution is -0.388. The van der Waals surface area contributed by atoms with Crippen molar-refractivity contribution in [2.45, 2.75) is 35.2 Å². The number of hydrogen-bond donors (Lipinski definition) is 1. The van der Waals surface area contributed by atoms with Gasteiger partial charge in [0.25, 0.3) is 0 Å². The van der Waals surface area contributed by atoms with Crippen LogP contribution in [0.1, 0.15) is 18.5 Å². The first-order valence-corrected chi connectivity index (χ1v) is 7.64. The van der Waals surface area contributed by atoms with Gasteiger partial charge in [-0.1, -0.05) is 11.3 Å². The van der Waals surface area contributed by atoms with E-state index >= 15 is 0 Å². The Hall–Kier alpha value is -1.68. The maximum atomic E-state index is 11.1. The predicted octanol–water partition coefficient (Wildman–Crippen LogP) is 2.21. The van der Waals surface area contributed by atoms with Crippen molar-refractivity contribution in [3.05, 3.63) is 15.8 Å². The van der Waals surface area contributed by atoms with E-state index in [0.717, 1.165) is 18.0 Å². The Kier molecular flexibility index (Phi) is 3.34. The molecule has 20 heavy (non-hydrogen) atoms. The van der Waals surface area contributed by atoms with Crippen molar-refractivity contribution >= 4 is 33.9 Å². The SMILES string of the molecule is Cc1nn(C)c(Sc2nnc(NC3CC3)s2)c1[N+](=O)[O-]. The molecule has 0 spiro atoms. The fraction of sp³-hybridized carbons (Fsp3) is 0.500. The number of aromatic nitrogens is 4. The quantitative estimate of drug-likeness (QED) is 0.667. The van der Waals surface area contributed by atoms with Crippen LogP contribution in [0.3, 0.4) is 0 Å². The summed E-state index contributed by atoms with van der Waals surface area (Å²) in [4.78, 5) is 10.7. The average Bonchev–Trinajstić information content (AvgIpc) is 2.98. The molecule has 0 bridgehead atoms. The molecule has 1 fully saturated rings. The molecule has 2 aromatic rings. The zero-order chi connectivity index (χ0) is 14.3. The highest BCUT2D eigenvalue weighted by molar-refractivity contribution is 8.01. The molecule has 0 saturated heterocycles. The Labute approximate surface area is 122 Å². The minimum atomic E-state index is -0.408. The van der Waals surface area contributed by atoms with Crippen molar-refractivity contribution in [2.75, 3.05) is 5.32 Å². The fourth-order valence-corrected chi connectivity index (χ4v) is 3.68. The molecule has 1 saturated carbocycles. The van der Waals surface area contributed by atoms with E-state index in [4.69, 9.17) is 0 Å². The van der Waals surface area contributed by atoms with Crippen LogP contribution in [-0.2, 0) is 7.05 Å². The molecule has 0 unspecified atom stereocenters. The topological polar surface area (TPSA) is 98.8 Å². The third-order valence-corrected chi connectivity index (χ3v) is 4.87. The number of anilines is 1. The summed E-state index contributed by atoms with van der Waals surface area (Å²) >= 11 is 2.62. The van der Waals surface area contributed by atoms with Crippen molar-refractivity contribution < 1.29 is 4.92 Å². The molecule has 0 amide bonds. The molecular formula is C10H12N6O2S2. The average molecular weight is 312 g/mol. The first kappa shape index (κ1) is 13.3. The molecule has 1 N–H and O–H groups in total. The van der Waals surface area contributed by atoms with Gasteiger partial charge in [-0.25, -0.2) is 0 Å². The van der Waals surface area contributed by atoms with Gasteiger partial charge in [-0.3, -0.25) is 14.8 Å². The van der Waals surface area contributed by atoms with Crippen LogP contribution < -0.4 is 5.32 Å². The van der Waals surface area contributed by atoms with Crippen molar-refractivity contribution in [1.82, 2.24) is 20.0 Å². The smallest absolute Gasteiger partial charge is 0.324 e. The molecule has 3 rings (SSSR count). The monoisotopic (exact) mass is 312 g/mol. The lowest BCUT2D eigenvalue weighted by Gasteiger charge is -1.97. The first-order valence-electron chi connectivity index (χ1n) is 6.00. The highest BCUT2D eigenvalue weighted by Crippen LogP contribution is 2.39. The maximum Gasteiger partial charge on any atom is 0.324 e. The molecule has 2 aromatic heterocycles. The van der Waals surface area contributed by atoms with Crippen molar-refractivity contribution in [2.24, 2.45) is 7.05 Å². The van der Waals surface area contributed by atoms with Gasteiger partial charge in [0.05, 0.1) is 4.92 Å². The fourth-order valence-electron chi connectivity index (χ4n) is 1.74.